The Bertz CT molecular complexity index is 1020. The third-order valence-electron chi connectivity index (χ3n) is 5.95. The average Bonchev–Trinajstić information content (AvgIpc) is 3.04. The van der Waals surface area contributed by atoms with Crippen LogP contribution < -0.4 is 5.32 Å². The summed E-state index contributed by atoms with van der Waals surface area (Å²) in [6.45, 7) is 0.0885. The maximum Gasteiger partial charge on any atom is 0.407 e. The van der Waals surface area contributed by atoms with Crippen molar-refractivity contribution in [3.05, 3.63) is 59.7 Å². The quantitative estimate of drug-likeness (QED) is 0.756. The van der Waals surface area contributed by atoms with Crippen molar-refractivity contribution in [1.82, 2.24) is 5.32 Å². The number of aliphatic carboxylic acids is 1. The standard InChI is InChI=1S/C22H23NO6S/c24-21(25)20(14-9-11-30(27,28)12-10-14)23-22(26)29-13-19-17-7-3-1-5-15(17)16-6-2-4-8-18(16)19/h1-8,14,19-20H,9-13H2,(H,23,26)(H,24,25)/t20-/m1/s1. The molecule has 1 heterocycles. The molecule has 7 nitrogen and oxygen atoms in total. The highest BCUT2D eigenvalue weighted by molar-refractivity contribution is 7.91. The van der Waals surface area contributed by atoms with Crippen LogP contribution in [0.25, 0.3) is 11.1 Å². The first kappa shape index (κ1) is 20.4. The Morgan fingerprint density at radius 3 is 2.07 bits per heavy atom. The molecule has 0 saturated carbocycles. The number of carboxylic acids is 1. The van der Waals surface area contributed by atoms with Crippen molar-refractivity contribution in [2.75, 3.05) is 18.1 Å². The number of carboxylic acid groups (broad SMARTS) is 1. The fourth-order valence-corrected chi connectivity index (χ4v) is 5.92. The van der Waals surface area contributed by atoms with E-state index >= 15 is 0 Å². The molecule has 0 unspecified atom stereocenters. The van der Waals surface area contributed by atoms with Crippen molar-refractivity contribution in [3.63, 3.8) is 0 Å². The molecule has 1 aliphatic carbocycles. The van der Waals surface area contributed by atoms with Crippen molar-refractivity contribution in [2.45, 2.75) is 24.8 Å². The van der Waals surface area contributed by atoms with Gasteiger partial charge in [0.05, 0.1) is 11.5 Å². The van der Waals surface area contributed by atoms with Crippen LogP contribution >= 0.6 is 0 Å². The summed E-state index contributed by atoms with van der Waals surface area (Å²) in [5, 5.41) is 12.0. The van der Waals surface area contributed by atoms with Crippen molar-refractivity contribution in [2.24, 2.45) is 5.92 Å². The van der Waals surface area contributed by atoms with Gasteiger partial charge in [0, 0.05) is 5.92 Å². The first-order chi connectivity index (χ1) is 14.4. The number of sulfone groups is 1. The highest BCUT2D eigenvalue weighted by Gasteiger charge is 2.35. The van der Waals surface area contributed by atoms with Crippen LogP contribution in [0.3, 0.4) is 0 Å². The van der Waals surface area contributed by atoms with Gasteiger partial charge < -0.3 is 15.2 Å². The number of carbonyl (C=O) groups is 2. The molecule has 2 N–H and O–H groups in total. The minimum atomic E-state index is -3.12. The molecular formula is C22H23NO6S. The van der Waals surface area contributed by atoms with Crippen molar-refractivity contribution in [1.29, 1.82) is 0 Å². The maximum absolute atomic E-state index is 12.4. The molecule has 158 valence electrons. The monoisotopic (exact) mass is 429 g/mol. The van der Waals surface area contributed by atoms with E-state index < -0.39 is 33.9 Å². The van der Waals surface area contributed by atoms with Crippen LogP contribution in [0.2, 0.25) is 0 Å². The molecule has 0 aromatic heterocycles. The van der Waals surface area contributed by atoms with Crippen LogP contribution in [0.5, 0.6) is 0 Å². The molecule has 0 bridgehead atoms. The fraction of sp³-hybridized carbons (Fsp3) is 0.364. The Morgan fingerprint density at radius 2 is 1.53 bits per heavy atom. The summed E-state index contributed by atoms with van der Waals surface area (Å²) in [5.74, 6) is -1.87. The number of benzene rings is 2. The molecule has 1 fully saturated rings. The van der Waals surface area contributed by atoms with Gasteiger partial charge in [-0.2, -0.15) is 0 Å². The minimum Gasteiger partial charge on any atom is -0.480 e. The molecule has 0 radical (unpaired) electrons. The van der Waals surface area contributed by atoms with Crippen LogP contribution in [0.4, 0.5) is 4.79 Å². The Labute approximate surface area is 175 Å². The van der Waals surface area contributed by atoms with Gasteiger partial charge in [-0.3, -0.25) is 0 Å². The summed E-state index contributed by atoms with van der Waals surface area (Å²) in [6, 6.07) is 14.7. The summed E-state index contributed by atoms with van der Waals surface area (Å²) in [5.41, 5.74) is 4.35. The Balaban J connectivity index is 1.43. The number of alkyl carbamates (subject to hydrolysis) is 1. The molecule has 1 saturated heterocycles. The Kier molecular flexibility index (Phi) is 5.51. The molecule has 8 heteroatoms. The zero-order chi connectivity index (χ0) is 21.3. The molecule has 1 amide bonds. The molecule has 2 aromatic rings. The van der Waals surface area contributed by atoms with Gasteiger partial charge in [-0.1, -0.05) is 48.5 Å². The van der Waals surface area contributed by atoms with Crippen molar-refractivity contribution in [3.8, 4) is 11.1 Å². The third-order valence-corrected chi connectivity index (χ3v) is 7.67. The van der Waals surface area contributed by atoms with Crippen LogP contribution in [0.15, 0.2) is 48.5 Å². The lowest BCUT2D eigenvalue weighted by Crippen LogP contribution is -2.48. The molecular weight excluding hydrogens is 406 g/mol. The van der Waals surface area contributed by atoms with Gasteiger partial charge in [0.2, 0.25) is 0 Å². The third kappa shape index (κ3) is 4.05. The number of amides is 1. The van der Waals surface area contributed by atoms with E-state index in [1.54, 1.807) is 0 Å². The summed E-state index contributed by atoms with van der Waals surface area (Å²) in [4.78, 5) is 24.1. The Morgan fingerprint density at radius 1 is 1.00 bits per heavy atom. The summed E-state index contributed by atoms with van der Waals surface area (Å²) >= 11 is 0. The summed E-state index contributed by atoms with van der Waals surface area (Å²) in [6.07, 6.45) is -0.385. The fourth-order valence-electron chi connectivity index (χ4n) is 4.39. The van der Waals surface area contributed by atoms with E-state index in [9.17, 15) is 23.1 Å². The predicted molar refractivity (Wildman–Crippen MR) is 111 cm³/mol. The topological polar surface area (TPSA) is 110 Å². The van der Waals surface area contributed by atoms with Gasteiger partial charge in [0.1, 0.15) is 22.5 Å². The predicted octanol–water partition coefficient (Wildman–Crippen LogP) is 2.80. The van der Waals surface area contributed by atoms with Gasteiger partial charge >= 0.3 is 12.1 Å². The Hall–Kier alpha value is -2.87. The highest BCUT2D eigenvalue weighted by atomic mass is 32.2. The first-order valence-electron chi connectivity index (χ1n) is 9.90. The van der Waals surface area contributed by atoms with Crippen molar-refractivity contribution < 1.29 is 27.9 Å². The van der Waals surface area contributed by atoms with Crippen LogP contribution in [-0.2, 0) is 19.4 Å². The summed E-state index contributed by atoms with van der Waals surface area (Å²) in [7, 11) is -3.12. The number of rotatable bonds is 5. The van der Waals surface area contributed by atoms with Crippen LogP contribution in [-0.4, -0.2) is 49.7 Å². The molecule has 2 aliphatic rings. The molecule has 0 spiro atoms. The van der Waals surface area contributed by atoms with Gasteiger partial charge in [0.15, 0.2) is 0 Å². The number of fused-ring (bicyclic) bond motifs is 3. The molecule has 2 aromatic carbocycles. The SMILES string of the molecule is O=C(N[C@@H](C(=O)O)C1CCS(=O)(=O)CC1)OCC1c2ccccc2-c2ccccc21. The lowest BCUT2D eigenvalue weighted by Gasteiger charge is -2.27. The molecule has 30 heavy (non-hydrogen) atoms. The van der Waals surface area contributed by atoms with E-state index in [2.05, 4.69) is 5.32 Å². The molecule has 1 aliphatic heterocycles. The lowest BCUT2D eigenvalue weighted by molar-refractivity contribution is -0.141. The van der Waals surface area contributed by atoms with Gasteiger partial charge in [-0.05, 0) is 41.0 Å². The second-order valence-corrected chi connectivity index (χ2v) is 10.1. The maximum atomic E-state index is 12.4. The minimum absolute atomic E-state index is 0.0617. The first-order valence-corrected chi connectivity index (χ1v) is 11.7. The largest absolute Gasteiger partial charge is 0.480 e. The van der Waals surface area contributed by atoms with E-state index in [1.165, 1.54) is 0 Å². The van der Waals surface area contributed by atoms with Gasteiger partial charge in [-0.25, -0.2) is 18.0 Å². The molecule has 4 rings (SSSR count). The number of hydrogen-bond donors (Lipinski definition) is 2. The smallest absolute Gasteiger partial charge is 0.407 e. The number of carbonyl (C=O) groups excluding carboxylic acids is 1. The normalized spacial score (nSPS) is 18.8. The zero-order valence-electron chi connectivity index (χ0n) is 16.3. The second-order valence-electron chi connectivity index (χ2n) is 7.78. The van der Waals surface area contributed by atoms with E-state index in [0.717, 1.165) is 22.3 Å². The molecule has 1 atom stereocenters. The number of hydrogen-bond acceptors (Lipinski definition) is 5. The van der Waals surface area contributed by atoms with Gasteiger partial charge in [0.25, 0.3) is 0 Å². The number of ether oxygens (including phenoxy) is 1. The van der Waals surface area contributed by atoms with Gasteiger partial charge in [-0.15, -0.1) is 0 Å². The van der Waals surface area contributed by atoms with E-state index in [-0.39, 0.29) is 36.9 Å². The van der Waals surface area contributed by atoms with Crippen LogP contribution in [0.1, 0.15) is 29.9 Å². The highest BCUT2D eigenvalue weighted by Crippen LogP contribution is 2.44. The van der Waals surface area contributed by atoms with Crippen molar-refractivity contribution >= 4 is 21.9 Å². The average molecular weight is 429 g/mol. The lowest BCUT2D eigenvalue weighted by atomic mass is 9.94. The van der Waals surface area contributed by atoms with E-state index in [0.29, 0.717) is 0 Å². The second kappa shape index (κ2) is 8.10. The number of nitrogens with one attached hydrogen (secondary N) is 1. The summed E-state index contributed by atoms with van der Waals surface area (Å²) < 4.78 is 28.6. The van der Waals surface area contributed by atoms with Crippen LogP contribution in [0, 0.1) is 5.92 Å². The van der Waals surface area contributed by atoms with E-state index in [4.69, 9.17) is 4.74 Å². The van der Waals surface area contributed by atoms with E-state index in [1.807, 2.05) is 48.5 Å². The zero-order valence-corrected chi connectivity index (χ0v) is 17.1.